The Labute approximate surface area is 172 Å². The van der Waals surface area contributed by atoms with Gasteiger partial charge in [-0.15, -0.1) is 0 Å². The van der Waals surface area contributed by atoms with Crippen LogP contribution in [0, 0.1) is 19.8 Å². The van der Waals surface area contributed by atoms with E-state index in [1.54, 1.807) is 19.2 Å². The van der Waals surface area contributed by atoms with E-state index in [4.69, 9.17) is 4.74 Å². The maximum Gasteiger partial charge on any atom is 0.331 e. The molecule has 0 fully saturated rings. The minimum absolute atomic E-state index is 0.235. The number of nitrogens with zero attached hydrogens (tertiary/aromatic N) is 3. The summed E-state index contributed by atoms with van der Waals surface area (Å²) in [6.45, 7) is 14.3. The molecule has 0 saturated carbocycles. The van der Waals surface area contributed by atoms with Gasteiger partial charge in [0.1, 0.15) is 5.82 Å². The van der Waals surface area contributed by atoms with Crippen molar-refractivity contribution in [3.8, 4) is 5.82 Å². The van der Waals surface area contributed by atoms with E-state index >= 15 is 0 Å². The number of nitrogens with one attached hydrogen (secondary N) is 1. The molecule has 0 aromatic carbocycles. The summed E-state index contributed by atoms with van der Waals surface area (Å²) >= 11 is 0. The van der Waals surface area contributed by atoms with Crippen LogP contribution in [0.1, 0.15) is 57.6 Å². The number of hydrogen-bond donors (Lipinski definition) is 1. The van der Waals surface area contributed by atoms with Gasteiger partial charge in [-0.2, -0.15) is 5.10 Å². The van der Waals surface area contributed by atoms with Crippen LogP contribution < -0.4 is 5.32 Å². The predicted octanol–water partition coefficient (Wildman–Crippen LogP) is 3.59. The SMILES string of the molecule is Cc1cc(/C=C/C(=O)O[C@@H](C)C(=O)NCC(C)C)c(C)n1-c1ccnn1C(C)C. The number of rotatable bonds is 8. The largest absolute Gasteiger partial charge is 0.449 e. The zero-order valence-electron chi connectivity index (χ0n) is 18.4. The van der Waals surface area contributed by atoms with Gasteiger partial charge in [-0.05, 0) is 58.2 Å². The fourth-order valence-corrected chi connectivity index (χ4v) is 3.06. The molecule has 1 atom stereocenters. The molecule has 0 bridgehead atoms. The van der Waals surface area contributed by atoms with Crippen molar-refractivity contribution < 1.29 is 14.3 Å². The summed E-state index contributed by atoms with van der Waals surface area (Å²) < 4.78 is 9.28. The summed E-state index contributed by atoms with van der Waals surface area (Å²) in [5.41, 5.74) is 2.95. The second-order valence-electron chi connectivity index (χ2n) is 7.94. The van der Waals surface area contributed by atoms with Gasteiger partial charge in [0.05, 0.1) is 6.20 Å². The lowest BCUT2D eigenvalue weighted by molar-refractivity contribution is -0.150. The van der Waals surface area contributed by atoms with Crippen molar-refractivity contribution in [2.24, 2.45) is 5.92 Å². The number of aromatic nitrogens is 3. The highest BCUT2D eigenvalue weighted by molar-refractivity contribution is 5.90. The van der Waals surface area contributed by atoms with E-state index in [1.165, 1.54) is 6.08 Å². The van der Waals surface area contributed by atoms with Crippen molar-refractivity contribution in [2.75, 3.05) is 6.54 Å². The fraction of sp³-hybridized carbons (Fsp3) is 0.500. The first-order chi connectivity index (χ1) is 13.6. The molecule has 0 unspecified atom stereocenters. The third-order valence-corrected chi connectivity index (χ3v) is 4.58. The van der Waals surface area contributed by atoms with E-state index in [0.717, 1.165) is 22.8 Å². The molecule has 158 valence electrons. The molecule has 7 heteroatoms. The van der Waals surface area contributed by atoms with Crippen LogP contribution in [0.5, 0.6) is 0 Å². The first-order valence-corrected chi connectivity index (χ1v) is 10.0. The number of carbonyl (C=O) groups excluding carboxylic acids is 2. The van der Waals surface area contributed by atoms with E-state index in [-0.39, 0.29) is 11.9 Å². The average Bonchev–Trinajstić information content (AvgIpc) is 3.22. The highest BCUT2D eigenvalue weighted by Gasteiger charge is 2.17. The van der Waals surface area contributed by atoms with Crippen LogP contribution >= 0.6 is 0 Å². The first-order valence-electron chi connectivity index (χ1n) is 10.0. The second-order valence-corrected chi connectivity index (χ2v) is 7.94. The molecule has 2 heterocycles. The van der Waals surface area contributed by atoms with Gasteiger partial charge in [-0.1, -0.05) is 13.8 Å². The molecule has 0 aliphatic heterocycles. The zero-order chi connectivity index (χ0) is 21.7. The Morgan fingerprint density at radius 3 is 2.52 bits per heavy atom. The van der Waals surface area contributed by atoms with Gasteiger partial charge in [0, 0.05) is 36.1 Å². The Morgan fingerprint density at radius 2 is 1.90 bits per heavy atom. The van der Waals surface area contributed by atoms with Crippen LogP contribution in [0.3, 0.4) is 0 Å². The van der Waals surface area contributed by atoms with Crippen molar-refractivity contribution in [1.82, 2.24) is 19.7 Å². The van der Waals surface area contributed by atoms with Crippen molar-refractivity contribution in [2.45, 2.75) is 60.6 Å². The van der Waals surface area contributed by atoms with E-state index in [9.17, 15) is 9.59 Å². The van der Waals surface area contributed by atoms with Crippen molar-refractivity contribution >= 4 is 18.0 Å². The van der Waals surface area contributed by atoms with Crippen molar-refractivity contribution in [3.05, 3.63) is 41.4 Å². The molecule has 1 N–H and O–H groups in total. The lowest BCUT2D eigenvalue weighted by Gasteiger charge is -2.15. The summed E-state index contributed by atoms with van der Waals surface area (Å²) in [4.78, 5) is 24.1. The molecule has 0 saturated heterocycles. The van der Waals surface area contributed by atoms with Crippen LogP contribution in [-0.2, 0) is 14.3 Å². The van der Waals surface area contributed by atoms with Gasteiger partial charge < -0.3 is 14.6 Å². The second kappa shape index (κ2) is 9.58. The van der Waals surface area contributed by atoms with Gasteiger partial charge >= 0.3 is 5.97 Å². The Hall–Kier alpha value is -2.83. The van der Waals surface area contributed by atoms with Gasteiger partial charge in [0.2, 0.25) is 0 Å². The summed E-state index contributed by atoms with van der Waals surface area (Å²) in [5.74, 6) is 0.478. The Morgan fingerprint density at radius 1 is 1.21 bits per heavy atom. The quantitative estimate of drug-likeness (QED) is 0.543. The maximum atomic E-state index is 12.1. The third kappa shape index (κ3) is 5.59. The molecule has 29 heavy (non-hydrogen) atoms. The van der Waals surface area contributed by atoms with Crippen LogP contribution in [0.15, 0.2) is 24.4 Å². The standard InChI is InChI=1S/C22H32N4O3/c1-14(2)13-23-22(28)18(7)29-21(27)9-8-19-12-16(5)25(17(19)6)20-10-11-24-26(20)15(3)4/h8-12,14-15,18H,13H2,1-7H3,(H,23,28)/b9-8+/t18-/m0/s1. The lowest BCUT2D eigenvalue weighted by Crippen LogP contribution is -2.37. The van der Waals surface area contributed by atoms with Crippen LogP contribution in [0.25, 0.3) is 11.9 Å². The Balaban J connectivity index is 2.10. The van der Waals surface area contributed by atoms with Gasteiger partial charge in [-0.25, -0.2) is 9.48 Å². The lowest BCUT2D eigenvalue weighted by atomic mass is 10.2. The summed E-state index contributed by atoms with van der Waals surface area (Å²) in [6.07, 6.45) is 4.03. The zero-order valence-corrected chi connectivity index (χ0v) is 18.4. The van der Waals surface area contributed by atoms with E-state index < -0.39 is 12.1 Å². The number of amides is 1. The van der Waals surface area contributed by atoms with Crippen LogP contribution in [0.2, 0.25) is 0 Å². The molecule has 1 amide bonds. The number of carbonyl (C=O) groups is 2. The number of hydrogen-bond acceptors (Lipinski definition) is 4. The Bertz CT molecular complexity index is 890. The molecule has 2 rings (SSSR count). The molecule has 0 aliphatic rings. The van der Waals surface area contributed by atoms with E-state index in [1.807, 2.05) is 44.5 Å². The minimum atomic E-state index is -0.835. The molecule has 2 aromatic rings. The first kappa shape index (κ1) is 22.5. The normalized spacial score (nSPS) is 12.7. The van der Waals surface area contributed by atoms with Gasteiger partial charge in [-0.3, -0.25) is 4.79 Å². The molecule has 0 aliphatic carbocycles. The topological polar surface area (TPSA) is 78.2 Å². The van der Waals surface area contributed by atoms with Crippen molar-refractivity contribution in [3.63, 3.8) is 0 Å². The van der Waals surface area contributed by atoms with E-state index in [2.05, 4.69) is 28.8 Å². The molecular formula is C22H32N4O3. The summed E-state index contributed by atoms with van der Waals surface area (Å²) in [7, 11) is 0. The van der Waals surface area contributed by atoms with Crippen LogP contribution in [0.4, 0.5) is 0 Å². The number of aryl methyl sites for hydroxylation is 1. The van der Waals surface area contributed by atoms with Gasteiger partial charge in [0.15, 0.2) is 6.10 Å². The van der Waals surface area contributed by atoms with Crippen LogP contribution in [-0.4, -0.2) is 38.9 Å². The monoisotopic (exact) mass is 400 g/mol. The molecule has 0 radical (unpaired) electrons. The Kier molecular flexibility index (Phi) is 7.42. The summed E-state index contributed by atoms with van der Waals surface area (Å²) in [5, 5.41) is 7.16. The fourth-order valence-electron chi connectivity index (χ4n) is 3.06. The van der Waals surface area contributed by atoms with E-state index in [0.29, 0.717) is 12.5 Å². The third-order valence-electron chi connectivity index (χ3n) is 4.58. The maximum absolute atomic E-state index is 12.1. The molecule has 0 spiro atoms. The average molecular weight is 401 g/mol. The highest BCUT2D eigenvalue weighted by atomic mass is 16.5. The molecular weight excluding hydrogens is 368 g/mol. The van der Waals surface area contributed by atoms with Crippen molar-refractivity contribution in [1.29, 1.82) is 0 Å². The molecule has 7 nitrogen and oxygen atoms in total. The number of ether oxygens (including phenoxy) is 1. The molecule has 2 aromatic heterocycles. The number of esters is 1. The van der Waals surface area contributed by atoms with Gasteiger partial charge in [0.25, 0.3) is 5.91 Å². The predicted molar refractivity (Wildman–Crippen MR) is 114 cm³/mol. The summed E-state index contributed by atoms with van der Waals surface area (Å²) in [6, 6.07) is 4.22. The smallest absolute Gasteiger partial charge is 0.331 e. The minimum Gasteiger partial charge on any atom is -0.449 e. The highest BCUT2D eigenvalue weighted by Crippen LogP contribution is 2.23.